The third-order valence-electron chi connectivity index (χ3n) is 3.59. The van der Waals surface area contributed by atoms with Crippen molar-refractivity contribution in [2.45, 2.75) is 25.8 Å². The van der Waals surface area contributed by atoms with E-state index in [-0.39, 0.29) is 6.54 Å². The fraction of sp³-hybridized carbons (Fsp3) is 0.357. The van der Waals surface area contributed by atoms with Gasteiger partial charge in [-0.15, -0.1) is 0 Å². The number of hydrogen-bond donors (Lipinski definition) is 3. The minimum absolute atomic E-state index is 0.339. The van der Waals surface area contributed by atoms with Gasteiger partial charge in [-0.3, -0.25) is 14.5 Å². The highest BCUT2D eigenvalue weighted by Gasteiger charge is 2.46. The molecule has 0 aliphatic carbocycles. The van der Waals surface area contributed by atoms with Crippen LogP contribution in [0.15, 0.2) is 24.3 Å². The molecular weight excluding hydrogens is 272 g/mol. The molecule has 2 rings (SSSR count). The van der Waals surface area contributed by atoms with Crippen molar-refractivity contribution in [3.05, 3.63) is 24.3 Å². The van der Waals surface area contributed by atoms with Gasteiger partial charge in [-0.05, 0) is 25.5 Å². The quantitative estimate of drug-likeness (QED) is 0.566. The van der Waals surface area contributed by atoms with E-state index >= 15 is 0 Å². The largest absolute Gasteiger partial charge is 0.397 e. The molecule has 0 spiro atoms. The van der Waals surface area contributed by atoms with E-state index in [4.69, 9.17) is 5.73 Å². The first kappa shape index (κ1) is 14.8. The summed E-state index contributed by atoms with van der Waals surface area (Å²) in [6.45, 7) is 3.10. The summed E-state index contributed by atoms with van der Waals surface area (Å²) < 4.78 is 0. The van der Waals surface area contributed by atoms with Gasteiger partial charge in [0.25, 0.3) is 5.91 Å². The number of nitrogens with one attached hydrogen (secondary N) is 2. The van der Waals surface area contributed by atoms with Crippen LogP contribution in [-0.2, 0) is 9.59 Å². The maximum absolute atomic E-state index is 12.2. The number of urea groups is 1. The lowest BCUT2D eigenvalue weighted by atomic mass is 9.99. The molecule has 0 saturated carbocycles. The average molecular weight is 290 g/mol. The predicted molar refractivity (Wildman–Crippen MR) is 78.4 cm³/mol. The van der Waals surface area contributed by atoms with Crippen LogP contribution in [-0.4, -0.2) is 34.8 Å². The van der Waals surface area contributed by atoms with Gasteiger partial charge < -0.3 is 16.4 Å². The predicted octanol–water partition coefficient (Wildman–Crippen LogP) is 0.928. The van der Waals surface area contributed by atoms with Gasteiger partial charge in [0, 0.05) is 0 Å². The number of carbonyl (C=O) groups is 3. The van der Waals surface area contributed by atoms with Crippen molar-refractivity contribution in [1.82, 2.24) is 10.2 Å². The highest BCUT2D eigenvalue weighted by Crippen LogP contribution is 2.21. The van der Waals surface area contributed by atoms with Crippen molar-refractivity contribution in [2.24, 2.45) is 0 Å². The Hall–Kier alpha value is -2.57. The van der Waals surface area contributed by atoms with Crippen LogP contribution in [0.3, 0.4) is 0 Å². The Labute approximate surface area is 122 Å². The van der Waals surface area contributed by atoms with Crippen molar-refractivity contribution >= 4 is 29.2 Å². The zero-order valence-electron chi connectivity index (χ0n) is 12.0. The molecule has 21 heavy (non-hydrogen) atoms. The van der Waals surface area contributed by atoms with E-state index in [9.17, 15) is 14.4 Å². The second-order valence-electron chi connectivity index (χ2n) is 5.14. The number of para-hydroxylation sites is 2. The molecule has 112 valence electrons. The summed E-state index contributed by atoms with van der Waals surface area (Å²) in [4.78, 5) is 36.9. The van der Waals surface area contributed by atoms with Gasteiger partial charge >= 0.3 is 6.03 Å². The van der Waals surface area contributed by atoms with Crippen LogP contribution >= 0.6 is 0 Å². The Morgan fingerprint density at radius 1 is 1.38 bits per heavy atom. The summed E-state index contributed by atoms with van der Waals surface area (Å²) in [5, 5.41) is 5.18. The summed E-state index contributed by atoms with van der Waals surface area (Å²) >= 11 is 0. The zero-order chi connectivity index (χ0) is 15.6. The molecule has 0 bridgehead atoms. The molecule has 7 heteroatoms. The Morgan fingerprint density at radius 3 is 2.62 bits per heavy atom. The van der Waals surface area contributed by atoms with E-state index in [1.807, 2.05) is 0 Å². The van der Waals surface area contributed by atoms with Gasteiger partial charge in [0.15, 0.2) is 0 Å². The number of benzene rings is 1. The van der Waals surface area contributed by atoms with Crippen LogP contribution in [0.25, 0.3) is 0 Å². The molecule has 4 N–H and O–H groups in total. The molecular formula is C14H18N4O3. The molecule has 4 amide bonds. The minimum atomic E-state index is -0.941. The topological polar surface area (TPSA) is 105 Å². The first-order valence-electron chi connectivity index (χ1n) is 6.66. The fourth-order valence-corrected chi connectivity index (χ4v) is 2.07. The summed E-state index contributed by atoms with van der Waals surface area (Å²) in [5.41, 5.74) is 5.65. The van der Waals surface area contributed by atoms with Crippen molar-refractivity contribution in [1.29, 1.82) is 0 Å². The number of rotatable bonds is 4. The second kappa shape index (κ2) is 5.43. The number of imide groups is 1. The molecule has 1 saturated heterocycles. The van der Waals surface area contributed by atoms with Gasteiger partial charge in [-0.1, -0.05) is 19.1 Å². The Kier molecular flexibility index (Phi) is 3.84. The van der Waals surface area contributed by atoms with E-state index in [0.29, 0.717) is 17.8 Å². The normalized spacial score (nSPS) is 21.3. The molecule has 1 aliphatic heterocycles. The third-order valence-corrected chi connectivity index (χ3v) is 3.59. The standard InChI is InChI=1S/C14H18N4O3/c1-3-14(2)12(20)18(13(21)17-14)8-11(19)16-10-7-5-4-6-9(10)15/h4-7H,3,8,15H2,1-2H3,(H,16,19)(H,17,21). The molecule has 1 atom stereocenters. The lowest BCUT2D eigenvalue weighted by Gasteiger charge is -2.19. The maximum atomic E-state index is 12.2. The first-order valence-corrected chi connectivity index (χ1v) is 6.66. The van der Waals surface area contributed by atoms with Gasteiger partial charge in [0.1, 0.15) is 12.1 Å². The van der Waals surface area contributed by atoms with Crippen LogP contribution in [0.1, 0.15) is 20.3 Å². The van der Waals surface area contributed by atoms with E-state index in [1.165, 1.54) is 0 Å². The third kappa shape index (κ3) is 2.81. The smallest absolute Gasteiger partial charge is 0.325 e. The highest BCUT2D eigenvalue weighted by atomic mass is 16.2. The molecule has 0 radical (unpaired) electrons. The average Bonchev–Trinajstić information content (AvgIpc) is 2.66. The molecule has 1 unspecified atom stereocenters. The summed E-state index contributed by atoms with van der Waals surface area (Å²) in [5.74, 6) is -0.872. The number of nitrogens with zero attached hydrogens (tertiary/aromatic N) is 1. The van der Waals surface area contributed by atoms with E-state index in [0.717, 1.165) is 4.90 Å². The molecule has 0 aromatic heterocycles. The first-order chi connectivity index (χ1) is 9.87. The number of nitrogens with two attached hydrogens (primary N) is 1. The molecule has 1 aliphatic rings. The van der Waals surface area contributed by atoms with Crippen LogP contribution in [0.5, 0.6) is 0 Å². The fourth-order valence-electron chi connectivity index (χ4n) is 2.07. The number of amides is 4. The van der Waals surface area contributed by atoms with E-state index < -0.39 is 23.4 Å². The van der Waals surface area contributed by atoms with Crippen LogP contribution < -0.4 is 16.4 Å². The van der Waals surface area contributed by atoms with Gasteiger partial charge in [-0.2, -0.15) is 0 Å². The van der Waals surface area contributed by atoms with Crippen molar-refractivity contribution in [3.8, 4) is 0 Å². The second-order valence-corrected chi connectivity index (χ2v) is 5.14. The summed E-state index contributed by atoms with van der Waals surface area (Å²) in [6, 6.07) is 6.22. The minimum Gasteiger partial charge on any atom is -0.397 e. The molecule has 7 nitrogen and oxygen atoms in total. The number of nitrogen functional groups attached to an aromatic ring is 1. The highest BCUT2D eigenvalue weighted by molar-refractivity contribution is 6.10. The monoisotopic (exact) mass is 290 g/mol. The van der Waals surface area contributed by atoms with E-state index in [1.54, 1.807) is 38.1 Å². The molecule has 1 fully saturated rings. The summed E-state index contributed by atoms with van der Waals surface area (Å²) in [7, 11) is 0. The van der Waals surface area contributed by atoms with Crippen LogP contribution in [0.2, 0.25) is 0 Å². The maximum Gasteiger partial charge on any atom is 0.325 e. The number of anilines is 2. The van der Waals surface area contributed by atoms with E-state index in [2.05, 4.69) is 10.6 Å². The lowest BCUT2D eigenvalue weighted by Crippen LogP contribution is -2.44. The lowest BCUT2D eigenvalue weighted by molar-refractivity contribution is -0.133. The zero-order valence-corrected chi connectivity index (χ0v) is 12.0. The Bertz CT molecular complexity index is 602. The van der Waals surface area contributed by atoms with Crippen molar-refractivity contribution < 1.29 is 14.4 Å². The van der Waals surface area contributed by atoms with Crippen molar-refractivity contribution in [2.75, 3.05) is 17.6 Å². The number of carbonyl (C=O) groups excluding carboxylic acids is 3. The summed E-state index contributed by atoms with van der Waals surface area (Å²) in [6.07, 6.45) is 0.460. The van der Waals surface area contributed by atoms with Crippen LogP contribution in [0, 0.1) is 0 Å². The van der Waals surface area contributed by atoms with Gasteiger partial charge in [0.05, 0.1) is 11.4 Å². The molecule has 1 heterocycles. The Morgan fingerprint density at radius 2 is 2.05 bits per heavy atom. The van der Waals surface area contributed by atoms with Crippen molar-refractivity contribution in [3.63, 3.8) is 0 Å². The SMILES string of the molecule is CCC1(C)NC(=O)N(CC(=O)Nc2ccccc2N)C1=O. The Balaban J connectivity index is 2.05. The van der Waals surface area contributed by atoms with Crippen LogP contribution in [0.4, 0.5) is 16.2 Å². The molecule has 1 aromatic rings. The van der Waals surface area contributed by atoms with Gasteiger partial charge in [-0.25, -0.2) is 4.79 Å². The van der Waals surface area contributed by atoms with Gasteiger partial charge in [0.2, 0.25) is 5.91 Å². The molecule has 1 aromatic carbocycles. The number of hydrogen-bond acceptors (Lipinski definition) is 4.